The number of hydrogen-bond acceptors (Lipinski definition) is 5. The fourth-order valence-electron chi connectivity index (χ4n) is 4.32. The van der Waals surface area contributed by atoms with Crippen LogP contribution < -0.4 is 16.0 Å². The predicted molar refractivity (Wildman–Crippen MR) is 142 cm³/mol. The number of nitrogens with zero attached hydrogens (tertiary/aromatic N) is 2. The van der Waals surface area contributed by atoms with Crippen molar-refractivity contribution in [2.24, 2.45) is 5.73 Å². The van der Waals surface area contributed by atoms with E-state index in [4.69, 9.17) is 11.1 Å². The highest BCUT2D eigenvalue weighted by atomic mass is 16.4. The number of aliphatic carboxylic acids is 1. The molecule has 0 saturated heterocycles. The highest BCUT2D eigenvalue weighted by molar-refractivity contribution is 6.07. The van der Waals surface area contributed by atoms with Crippen LogP contribution in [0.15, 0.2) is 72.8 Å². The minimum Gasteiger partial charge on any atom is -0.481 e. The smallest absolute Gasteiger partial charge is 0.305 e. The standard InChI is InChI=1S/C28H29N5O4/c1-32(22-11-9-19(10-12-22)26(29)30)27(36)20-7-8-21-17-33(14-13-18-5-3-2-4-6-18)28(37)24(16-25(34)35)31-23(21)15-20/h2-12,15,24,31H,13-14,16-17H2,1H3,(H3,29,30)(H,34,35). The van der Waals surface area contributed by atoms with Crippen LogP contribution in [0.4, 0.5) is 11.4 Å². The number of nitrogens with two attached hydrogens (primary N) is 1. The fourth-order valence-corrected chi connectivity index (χ4v) is 4.32. The van der Waals surface area contributed by atoms with Crippen molar-refractivity contribution in [2.75, 3.05) is 23.8 Å². The molecule has 3 aromatic rings. The first-order chi connectivity index (χ1) is 17.7. The van der Waals surface area contributed by atoms with Gasteiger partial charge in [0, 0.05) is 42.6 Å². The van der Waals surface area contributed by atoms with Crippen LogP contribution in [0.2, 0.25) is 0 Å². The van der Waals surface area contributed by atoms with Crippen LogP contribution in [0, 0.1) is 5.41 Å². The van der Waals surface area contributed by atoms with Gasteiger partial charge in [-0.2, -0.15) is 0 Å². The number of carbonyl (C=O) groups excluding carboxylic acids is 2. The Labute approximate surface area is 215 Å². The Hall–Kier alpha value is -4.66. The van der Waals surface area contributed by atoms with E-state index in [1.807, 2.05) is 30.3 Å². The number of carboxylic acids is 1. The van der Waals surface area contributed by atoms with E-state index in [-0.39, 0.29) is 24.1 Å². The Bertz CT molecular complexity index is 1320. The van der Waals surface area contributed by atoms with Gasteiger partial charge in [-0.15, -0.1) is 0 Å². The summed E-state index contributed by atoms with van der Waals surface area (Å²) in [5, 5.41) is 20.0. The molecule has 1 atom stereocenters. The van der Waals surface area contributed by atoms with E-state index in [0.717, 1.165) is 11.1 Å². The number of nitrogen functional groups attached to an aromatic ring is 1. The van der Waals surface area contributed by atoms with Gasteiger partial charge in [0.2, 0.25) is 5.91 Å². The van der Waals surface area contributed by atoms with Gasteiger partial charge in [0.1, 0.15) is 11.9 Å². The van der Waals surface area contributed by atoms with Gasteiger partial charge in [0.05, 0.1) is 6.42 Å². The van der Waals surface area contributed by atoms with Crippen molar-refractivity contribution in [1.82, 2.24) is 4.90 Å². The van der Waals surface area contributed by atoms with E-state index in [0.29, 0.717) is 42.0 Å². The van der Waals surface area contributed by atoms with E-state index in [9.17, 15) is 19.5 Å². The topological polar surface area (TPSA) is 140 Å². The minimum atomic E-state index is -1.08. The van der Waals surface area contributed by atoms with Crippen molar-refractivity contribution >= 4 is 35.0 Å². The summed E-state index contributed by atoms with van der Waals surface area (Å²) in [5.41, 5.74) is 9.54. The van der Waals surface area contributed by atoms with Crippen LogP contribution >= 0.6 is 0 Å². The molecule has 0 radical (unpaired) electrons. The normalized spacial score (nSPS) is 14.8. The van der Waals surface area contributed by atoms with Crippen LogP contribution in [0.5, 0.6) is 0 Å². The van der Waals surface area contributed by atoms with Crippen molar-refractivity contribution in [3.8, 4) is 0 Å². The largest absolute Gasteiger partial charge is 0.481 e. The number of carboxylic acid groups (broad SMARTS) is 1. The van der Waals surface area contributed by atoms with E-state index in [1.54, 1.807) is 54.4 Å². The number of nitrogens with one attached hydrogen (secondary N) is 2. The Morgan fingerprint density at radius 1 is 1.08 bits per heavy atom. The van der Waals surface area contributed by atoms with Crippen LogP contribution in [0.3, 0.4) is 0 Å². The summed E-state index contributed by atoms with van der Waals surface area (Å²) < 4.78 is 0. The second-order valence-electron chi connectivity index (χ2n) is 8.99. The second-order valence-corrected chi connectivity index (χ2v) is 8.99. The maximum absolute atomic E-state index is 13.3. The number of anilines is 2. The number of amides is 2. The Balaban J connectivity index is 1.58. The van der Waals surface area contributed by atoms with Gasteiger partial charge in [-0.3, -0.25) is 19.8 Å². The average molecular weight is 500 g/mol. The number of amidine groups is 1. The van der Waals surface area contributed by atoms with Crippen LogP contribution in [0.25, 0.3) is 0 Å². The molecular weight excluding hydrogens is 470 g/mol. The van der Waals surface area contributed by atoms with Gasteiger partial charge < -0.3 is 26.0 Å². The van der Waals surface area contributed by atoms with Gasteiger partial charge in [0.15, 0.2) is 0 Å². The molecule has 1 unspecified atom stereocenters. The van der Waals surface area contributed by atoms with Gasteiger partial charge >= 0.3 is 5.97 Å². The first-order valence-electron chi connectivity index (χ1n) is 11.9. The second kappa shape index (κ2) is 10.9. The molecule has 190 valence electrons. The van der Waals surface area contributed by atoms with Crippen molar-refractivity contribution in [1.29, 1.82) is 5.41 Å². The molecule has 9 nitrogen and oxygen atoms in total. The highest BCUT2D eigenvalue weighted by Crippen LogP contribution is 2.27. The number of carbonyl (C=O) groups is 3. The lowest BCUT2D eigenvalue weighted by Gasteiger charge is -2.24. The lowest BCUT2D eigenvalue weighted by Crippen LogP contribution is -2.42. The first-order valence-corrected chi connectivity index (χ1v) is 11.9. The van der Waals surface area contributed by atoms with Crippen LogP contribution in [-0.4, -0.2) is 53.3 Å². The molecular formula is C28H29N5O4. The SMILES string of the molecule is CN(C(=O)c1ccc2c(c1)NC(CC(=O)O)C(=O)N(CCc1ccccc1)C2)c1ccc(C(=N)N)cc1. The molecule has 5 N–H and O–H groups in total. The maximum atomic E-state index is 13.3. The molecule has 37 heavy (non-hydrogen) atoms. The third-order valence-electron chi connectivity index (χ3n) is 6.42. The molecule has 3 aromatic carbocycles. The quantitative estimate of drug-likeness (QED) is 0.277. The van der Waals surface area contributed by atoms with E-state index in [2.05, 4.69) is 5.32 Å². The van der Waals surface area contributed by atoms with E-state index >= 15 is 0 Å². The highest BCUT2D eigenvalue weighted by Gasteiger charge is 2.31. The van der Waals surface area contributed by atoms with Crippen molar-refractivity contribution < 1.29 is 19.5 Å². The number of hydrogen-bond donors (Lipinski definition) is 4. The van der Waals surface area contributed by atoms with Crippen molar-refractivity contribution in [3.63, 3.8) is 0 Å². The summed E-state index contributed by atoms with van der Waals surface area (Å²) in [6, 6.07) is 20.8. The number of benzene rings is 3. The number of fused-ring (bicyclic) bond motifs is 1. The third kappa shape index (κ3) is 5.95. The maximum Gasteiger partial charge on any atom is 0.305 e. The molecule has 0 aliphatic carbocycles. The molecule has 0 bridgehead atoms. The average Bonchev–Trinajstić information content (AvgIpc) is 3.02. The summed E-state index contributed by atoms with van der Waals surface area (Å²) in [6.07, 6.45) is 0.270. The summed E-state index contributed by atoms with van der Waals surface area (Å²) in [5.74, 6) is -1.70. The fraction of sp³-hybridized carbons (Fsp3) is 0.214. The van der Waals surface area contributed by atoms with Gasteiger partial charge in [0.25, 0.3) is 5.91 Å². The molecule has 1 aliphatic heterocycles. The molecule has 1 aliphatic rings. The Morgan fingerprint density at radius 3 is 2.41 bits per heavy atom. The first kappa shape index (κ1) is 25.4. The lowest BCUT2D eigenvalue weighted by atomic mass is 10.1. The van der Waals surface area contributed by atoms with Gasteiger partial charge in [-0.25, -0.2) is 0 Å². The predicted octanol–water partition coefficient (Wildman–Crippen LogP) is 3.09. The lowest BCUT2D eigenvalue weighted by molar-refractivity contribution is -0.141. The minimum absolute atomic E-state index is 0.0550. The van der Waals surface area contributed by atoms with Gasteiger partial charge in [-0.05, 0) is 53.9 Å². The molecule has 1 heterocycles. The molecule has 0 fully saturated rings. The van der Waals surface area contributed by atoms with Crippen molar-refractivity contribution in [3.05, 3.63) is 95.1 Å². The molecule has 0 aromatic heterocycles. The van der Waals surface area contributed by atoms with E-state index in [1.165, 1.54) is 4.90 Å². The zero-order valence-electron chi connectivity index (χ0n) is 20.5. The molecule has 0 saturated carbocycles. The van der Waals surface area contributed by atoms with Crippen LogP contribution in [0.1, 0.15) is 33.5 Å². The summed E-state index contributed by atoms with van der Waals surface area (Å²) in [6.45, 7) is 0.751. The Kier molecular flexibility index (Phi) is 7.52. The molecule has 2 amide bonds. The monoisotopic (exact) mass is 499 g/mol. The van der Waals surface area contributed by atoms with Gasteiger partial charge in [-0.1, -0.05) is 36.4 Å². The summed E-state index contributed by atoms with van der Waals surface area (Å²) in [7, 11) is 1.65. The Morgan fingerprint density at radius 2 is 1.76 bits per heavy atom. The summed E-state index contributed by atoms with van der Waals surface area (Å²) >= 11 is 0. The molecule has 0 spiro atoms. The zero-order chi connectivity index (χ0) is 26.5. The summed E-state index contributed by atoms with van der Waals surface area (Å²) in [4.78, 5) is 41.2. The number of rotatable bonds is 8. The van der Waals surface area contributed by atoms with Crippen LogP contribution in [-0.2, 0) is 22.6 Å². The van der Waals surface area contributed by atoms with Crippen molar-refractivity contribution in [2.45, 2.75) is 25.4 Å². The molecule has 4 rings (SSSR count). The van der Waals surface area contributed by atoms with E-state index < -0.39 is 12.0 Å². The zero-order valence-corrected chi connectivity index (χ0v) is 20.5. The molecule has 9 heteroatoms. The third-order valence-corrected chi connectivity index (χ3v) is 6.42.